The molecule has 0 bridgehead atoms. The maximum absolute atomic E-state index is 11.9. The van der Waals surface area contributed by atoms with Crippen LogP contribution < -0.4 is 10.6 Å². The normalized spacial score (nSPS) is 11.8. The van der Waals surface area contributed by atoms with E-state index in [9.17, 15) is 19.1 Å². The second-order valence-electron chi connectivity index (χ2n) is 6.61. The van der Waals surface area contributed by atoms with Crippen molar-refractivity contribution >= 4 is 29.8 Å². The first-order chi connectivity index (χ1) is 13.3. The fourth-order valence-corrected chi connectivity index (χ4v) is 4.55. The van der Waals surface area contributed by atoms with Crippen LogP contribution in [0.2, 0.25) is 0 Å². The number of imidazole rings is 1. The number of aromatic nitrogens is 2. The summed E-state index contributed by atoms with van der Waals surface area (Å²) < 4.78 is 13.8. The predicted octanol–water partition coefficient (Wildman–Crippen LogP) is 2.37. The van der Waals surface area contributed by atoms with Gasteiger partial charge < -0.3 is 19.7 Å². The van der Waals surface area contributed by atoms with Crippen molar-refractivity contribution in [3.8, 4) is 0 Å². The lowest BCUT2D eigenvalue weighted by atomic mass is 9.97. The van der Waals surface area contributed by atoms with E-state index >= 15 is 0 Å². The van der Waals surface area contributed by atoms with Crippen LogP contribution in [-0.4, -0.2) is 32.3 Å². The molecule has 3 rings (SSSR count). The first kappa shape index (κ1) is 20.3. The van der Waals surface area contributed by atoms with Gasteiger partial charge in [0.1, 0.15) is 0 Å². The number of nitrogens with zero attached hydrogens (tertiary/aromatic N) is 2. The average Bonchev–Trinajstić information content (AvgIpc) is 3.07. The van der Waals surface area contributed by atoms with Gasteiger partial charge in [0.15, 0.2) is 0 Å². The van der Waals surface area contributed by atoms with Gasteiger partial charge in [0, 0.05) is 19.2 Å². The van der Waals surface area contributed by atoms with Crippen LogP contribution in [0.15, 0.2) is 36.7 Å². The minimum Gasteiger partial charge on any atom is -0.355 e. The SMILES string of the molecule is CCc1c(Cn2cnc3ccc(C(=O)NC)cc32)ccc(P(=O)(O)O)c1CC. The van der Waals surface area contributed by atoms with Crippen molar-refractivity contribution in [2.24, 2.45) is 0 Å². The smallest absolute Gasteiger partial charge is 0.355 e. The summed E-state index contributed by atoms with van der Waals surface area (Å²) in [6, 6.07) is 8.66. The molecule has 2 aromatic carbocycles. The van der Waals surface area contributed by atoms with Gasteiger partial charge in [-0.25, -0.2) is 4.98 Å². The number of amides is 1. The number of carbonyl (C=O) groups is 1. The van der Waals surface area contributed by atoms with Crippen LogP contribution in [0.3, 0.4) is 0 Å². The minimum absolute atomic E-state index is 0.105. The van der Waals surface area contributed by atoms with E-state index < -0.39 is 7.60 Å². The quantitative estimate of drug-likeness (QED) is 0.550. The van der Waals surface area contributed by atoms with Crippen molar-refractivity contribution in [3.05, 3.63) is 58.9 Å². The lowest BCUT2D eigenvalue weighted by molar-refractivity contribution is 0.0963. The van der Waals surface area contributed by atoms with Crippen LogP contribution in [0.5, 0.6) is 0 Å². The molecule has 3 N–H and O–H groups in total. The van der Waals surface area contributed by atoms with Gasteiger partial charge in [0.2, 0.25) is 0 Å². The van der Waals surface area contributed by atoms with E-state index in [2.05, 4.69) is 10.3 Å². The third-order valence-electron chi connectivity index (χ3n) is 4.98. The third kappa shape index (κ3) is 3.74. The number of fused-ring (bicyclic) bond motifs is 1. The lowest BCUT2D eigenvalue weighted by Crippen LogP contribution is -2.18. The number of hydrogen-bond donors (Lipinski definition) is 3. The number of benzene rings is 2. The summed E-state index contributed by atoms with van der Waals surface area (Å²) in [6.07, 6.45) is 2.94. The van der Waals surface area contributed by atoms with Crippen molar-refractivity contribution < 1.29 is 19.1 Å². The zero-order chi connectivity index (χ0) is 20.5. The number of nitrogens with one attached hydrogen (secondary N) is 1. The van der Waals surface area contributed by atoms with Gasteiger partial charge in [-0.3, -0.25) is 9.36 Å². The summed E-state index contributed by atoms with van der Waals surface area (Å²) >= 11 is 0. The van der Waals surface area contributed by atoms with Crippen LogP contribution in [0.4, 0.5) is 0 Å². The van der Waals surface area contributed by atoms with Gasteiger partial charge >= 0.3 is 7.60 Å². The molecule has 0 spiro atoms. The summed E-state index contributed by atoms with van der Waals surface area (Å²) in [4.78, 5) is 35.7. The molecule has 0 radical (unpaired) electrons. The molecule has 0 aliphatic carbocycles. The highest BCUT2D eigenvalue weighted by molar-refractivity contribution is 7.60. The molecular weight excluding hydrogens is 377 g/mol. The second kappa shape index (κ2) is 7.87. The maximum atomic E-state index is 11.9. The predicted molar refractivity (Wildman–Crippen MR) is 109 cm³/mol. The lowest BCUT2D eigenvalue weighted by Gasteiger charge is -2.18. The Morgan fingerprint density at radius 3 is 2.46 bits per heavy atom. The van der Waals surface area contributed by atoms with Crippen LogP contribution in [0, 0.1) is 0 Å². The Balaban J connectivity index is 2.09. The molecule has 0 atom stereocenters. The highest BCUT2D eigenvalue weighted by Crippen LogP contribution is 2.36. The van der Waals surface area contributed by atoms with E-state index in [4.69, 9.17) is 0 Å². The molecule has 1 aromatic heterocycles. The van der Waals surface area contributed by atoms with Gasteiger partial charge in [0.05, 0.1) is 22.7 Å². The molecular formula is C20H24N3O4P. The number of carbonyl (C=O) groups excluding carboxylic acids is 1. The molecule has 8 heteroatoms. The average molecular weight is 401 g/mol. The van der Waals surface area contributed by atoms with E-state index in [0.717, 1.165) is 22.2 Å². The first-order valence-corrected chi connectivity index (χ1v) is 10.8. The number of hydrogen-bond acceptors (Lipinski definition) is 3. The van der Waals surface area contributed by atoms with Crippen LogP contribution in [-0.2, 0) is 24.0 Å². The minimum atomic E-state index is -4.33. The Labute approximate surface area is 163 Å². The summed E-state index contributed by atoms with van der Waals surface area (Å²) in [5.74, 6) is -0.164. The Bertz CT molecular complexity index is 1080. The number of rotatable bonds is 6. The summed E-state index contributed by atoms with van der Waals surface area (Å²) in [7, 11) is -2.74. The molecule has 1 heterocycles. The molecule has 0 unspecified atom stereocenters. The van der Waals surface area contributed by atoms with E-state index in [0.29, 0.717) is 30.5 Å². The van der Waals surface area contributed by atoms with Gasteiger partial charge in [-0.2, -0.15) is 0 Å². The summed E-state index contributed by atoms with van der Waals surface area (Å²) in [5, 5.41) is 2.72. The van der Waals surface area contributed by atoms with Crippen molar-refractivity contribution in [2.75, 3.05) is 7.05 Å². The van der Waals surface area contributed by atoms with Gasteiger partial charge in [-0.1, -0.05) is 19.9 Å². The van der Waals surface area contributed by atoms with Gasteiger partial charge in [-0.15, -0.1) is 0 Å². The van der Waals surface area contributed by atoms with Crippen molar-refractivity contribution in [1.29, 1.82) is 0 Å². The molecule has 0 saturated heterocycles. The van der Waals surface area contributed by atoms with Crippen LogP contribution >= 0.6 is 7.60 Å². The molecule has 0 aliphatic rings. The Morgan fingerprint density at radius 2 is 1.86 bits per heavy atom. The highest BCUT2D eigenvalue weighted by atomic mass is 31.2. The third-order valence-corrected chi connectivity index (χ3v) is 6.02. The molecule has 3 aromatic rings. The first-order valence-electron chi connectivity index (χ1n) is 9.16. The topological polar surface area (TPSA) is 104 Å². The van der Waals surface area contributed by atoms with E-state index in [1.807, 2.05) is 24.5 Å². The maximum Gasteiger partial charge on any atom is 0.356 e. The fourth-order valence-electron chi connectivity index (χ4n) is 3.64. The van der Waals surface area contributed by atoms with Crippen LogP contribution in [0.1, 0.15) is 40.9 Å². The summed E-state index contributed by atoms with van der Waals surface area (Å²) in [5.41, 5.74) is 4.82. The Morgan fingerprint density at radius 1 is 1.14 bits per heavy atom. The highest BCUT2D eigenvalue weighted by Gasteiger charge is 2.24. The standard InChI is InChI=1S/C20H24N3O4P/c1-4-15-14(7-9-19(16(15)5-2)28(25,26)27)11-23-12-22-17-8-6-13(10-18(17)23)20(24)21-3/h6-10,12H,4-5,11H2,1-3H3,(H,21,24)(H2,25,26,27). The second-order valence-corrected chi connectivity index (χ2v) is 8.18. The van der Waals surface area contributed by atoms with E-state index in [1.165, 1.54) is 6.07 Å². The molecule has 1 amide bonds. The molecule has 28 heavy (non-hydrogen) atoms. The molecule has 148 valence electrons. The van der Waals surface area contributed by atoms with Crippen molar-refractivity contribution in [3.63, 3.8) is 0 Å². The Kier molecular flexibility index (Phi) is 5.70. The zero-order valence-corrected chi connectivity index (χ0v) is 17.0. The Hall–Kier alpha value is -2.47. The molecule has 0 fully saturated rings. The molecule has 0 saturated carbocycles. The van der Waals surface area contributed by atoms with Crippen molar-refractivity contribution in [1.82, 2.24) is 14.9 Å². The van der Waals surface area contributed by atoms with E-state index in [-0.39, 0.29) is 11.2 Å². The zero-order valence-electron chi connectivity index (χ0n) is 16.1. The van der Waals surface area contributed by atoms with Crippen LogP contribution in [0.25, 0.3) is 11.0 Å². The largest absolute Gasteiger partial charge is 0.356 e. The molecule has 7 nitrogen and oxygen atoms in total. The monoisotopic (exact) mass is 401 g/mol. The summed E-state index contributed by atoms with van der Waals surface area (Å²) in [6.45, 7) is 4.39. The molecule has 0 aliphatic heterocycles. The van der Waals surface area contributed by atoms with E-state index in [1.54, 1.807) is 31.6 Å². The van der Waals surface area contributed by atoms with Gasteiger partial charge in [-0.05, 0) is 53.8 Å². The van der Waals surface area contributed by atoms with Crippen molar-refractivity contribution in [2.45, 2.75) is 33.2 Å². The van der Waals surface area contributed by atoms with Gasteiger partial charge in [0.25, 0.3) is 5.91 Å². The fraction of sp³-hybridized carbons (Fsp3) is 0.300.